The quantitative estimate of drug-likeness (QED) is 0.654. The van der Waals surface area contributed by atoms with Crippen LogP contribution in [-0.2, 0) is 19.5 Å². The SMILES string of the molecule is [CH2-][NH+]1CCn2c(cnc2CC2CC2)C1. The van der Waals surface area contributed by atoms with Crippen molar-refractivity contribution in [3.8, 4) is 0 Å². The van der Waals surface area contributed by atoms with Gasteiger partial charge < -0.3 is 9.47 Å². The number of imidazole rings is 1. The minimum atomic E-state index is 0.937. The second kappa shape index (κ2) is 3.09. The minimum absolute atomic E-state index is 0.937. The van der Waals surface area contributed by atoms with E-state index in [0.29, 0.717) is 0 Å². The van der Waals surface area contributed by atoms with Gasteiger partial charge in [-0.05, 0) is 18.8 Å². The molecular formula is C11H17N3. The van der Waals surface area contributed by atoms with Gasteiger partial charge in [0.2, 0.25) is 0 Å². The van der Waals surface area contributed by atoms with Crippen molar-refractivity contribution in [2.75, 3.05) is 6.54 Å². The van der Waals surface area contributed by atoms with Crippen molar-refractivity contribution in [1.29, 1.82) is 0 Å². The number of quaternary nitrogens is 1. The monoisotopic (exact) mass is 191 g/mol. The average molecular weight is 191 g/mol. The van der Waals surface area contributed by atoms with Crippen molar-refractivity contribution in [3.05, 3.63) is 24.8 Å². The van der Waals surface area contributed by atoms with Gasteiger partial charge in [0.25, 0.3) is 0 Å². The van der Waals surface area contributed by atoms with Crippen molar-refractivity contribution >= 4 is 0 Å². The summed E-state index contributed by atoms with van der Waals surface area (Å²) in [6.45, 7) is 3.29. The maximum absolute atomic E-state index is 4.53. The number of fused-ring (bicyclic) bond motifs is 1. The molecule has 76 valence electrons. The van der Waals surface area contributed by atoms with Crippen LogP contribution in [0.15, 0.2) is 6.20 Å². The molecule has 1 aliphatic heterocycles. The summed E-state index contributed by atoms with van der Waals surface area (Å²) in [4.78, 5) is 5.89. The molecule has 2 aliphatic rings. The largest absolute Gasteiger partial charge is 0.461 e. The smallest absolute Gasteiger partial charge is 0.109 e. The second-order valence-corrected chi connectivity index (χ2v) is 4.64. The molecule has 1 N–H and O–H groups in total. The molecule has 3 rings (SSSR count). The van der Waals surface area contributed by atoms with Crippen molar-refractivity contribution in [1.82, 2.24) is 9.55 Å². The first-order valence-corrected chi connectivity index (χ1v) is 5.53. The predicted octanol–water partition coefficient (Wildman–Crippen LogP) is 0.0257. The Balaban J connectivity index is 1.84. The molecule has 14 heavy (non-hydrogen) atoms. The number of rotatable bonds is 2. The standard InChI is InChI=1S/C11H17N3/c1-13-4-5-14-10(8-13)7-12-11(14)6-9-2-3-9/h7,9,13H,1-6,8H2. The van der Waals surface area contributed by atoms with Gasteiger partial charge in [0.1, 0.15) is 5.82 Å². The zero-order valence-corrected chi connectivity index (χ0v) is 8.50. The highest BCUT2D eigenvalue weighted by molar-refractivity contribution is 5.07. The van der Waals surface area contributed by atoms with E-state index < -0.39 is 0 Å². The third-order valence-corrected chi connectivity index (χ3v) is 3.31. The number of hydrogen-bond acceptors (Lipinski definition) is 1. The van der Waals surface area contributed by atoms with Gasteiger partial charge in [-0.1, -0.05) is 0 Å². The summed E-state index contributed by atoms with van der Waals surface area (Å²) in [6, 6.07) is 0. The molecule has 3 heteroatoms. The maximum Gasteiger partial charge on any atom is 0.109 e. The molecule has 0 spiro atoms. The summed E-state index contributed by atoms with van der Waals surface area (Å²) in [6.07, 6.45) is 6.07. The summed E-state index contributed by atoms with van der Waals surface area (Å²) in [5.74, 6) is 2.25. The molecule has 1 aromatic rings. The van der Waals surface area contributed by atoms with Crippen molar-refractivity contribution < 1.29 is 4.90 Å². The molecule has 1 atom stereocenters. The Morgan fingerprint density at radius 3 is 3.21 bits per heavy atom. The second-order valence-electron chi connectivity index (χ2n) is 4.64. The van der Waals surface area contributed by atoms with E-state index in [1.807, 2.05) is 6.20 Å². The van der Waals surface area contributed by atoms with Crippen LogP contribution in [0.5, 0.6) is 0 Å². The highest BCUT2D eigenvalue weighted by Gasteiger charge is 2.25. The van der Waals surface area contributed by atoms with Gasteiger partial charge in [-0.15, -0.1) is 0 Å². The van der Waals surface area contributed by atoms with Crippen molar-refractivity contribution in [3.63, 3.8) is 0 Å². The van der Waals surface area contributed by atoms with E-state index in [4.69, 9.17) is 0 Å². The van der Waals surface area contributed by atoms with Crippen molar-refractivity contribution in [2.45, 2.75) is 32.4 Å². The molecular weight excluding hydrogens is 174 g/mol. The molecule has 0 saturated heterocycles. The first kappa shape index (κ1) is 8.48. The molecule has 0 aromatic carbocycles. The van der Waals surface area contributed by atoms with Crippen molar-refractivity contribution in [2.24, 2.45) is 5.92 Å². The van der Waals surface area contributed by atoms with Crippen LogP contribution in [0.1, 0.15) is 24.4 Å². The Labute approximate surface area is 84.7 Å². The topological polar surface area (TPSA) is 22.3 Å². The lowest BCUT2D eigenvalue weighted by Gasteiger charge is -2.27. The highest BCUT2D eigenvalue weighted by atomic mass is 15.2. The molecule has 3 nitrogen and oxygen atoms in total. The molecule has 2 heterocycles. The van der Waals surface area contributed by atoms with Gasteiger partial charge in [-0.2, -0.15) is 7.05 Å². The lowest BCUT2D eigenvalue weighted by atomic mass is 10.2. The van der Waals surface area contributed by atoms with Crippen LogP contribution in [0.25, 0.3) is 0 Å². The van der Waals surface area contributed by atoms with Gasteiger partial charge in [0, 0.05) is 6.42 Å². The molecule has 1 unspecified atom stereocenters. The molecule has 0 radical (unpaired) electrons. The highest BCUT2D eigenvalue weighted by Crippen LogP contribution is 2.32. The van der Waals surface area contributed by atoms with Crippen LogP contribution in [0.4, 0.5) is 0 Å². The van der Waals surface area contributed by atoms with Crippen LogP contribution in [0.3, 0.4) is 0 Å². The molecule has 1 aliphatic carbocycles. The number of nitrogens with one attached hydrogen (secondary N) is 1. The number of aromatic nitrogens is 2. The summed E-state index contributed by atoms with van der Waals surface area (Å²) in [7, 11) is 4.05. The van der Waals surface area contributed by atoms with Crippen LogP contribution in [0.2, 0.25) is 0 Å². The summed E-state index contributed by atoms with van der Waals surface area (Å²) >= 11 is 0. The summed E-state index contributed by atoms with van der Waals surface area (Å²) < 4.78 is 2.41. The van der Waals surface area contributed by atoms with E-state index in [2.05, 4.69) is 16.6 Å². The van der Waals surface area contributed by atoms with E-state index in [-0.39, 0.29) is 0 Å². The van der Waals surface area contributed by atoms with E-state index in [1.165, 1.54) is 35.7 Å². The number of nitrogens with zero attached hydrogens (tertiary/aromatic N) is 2. The Morgan fingerprint density at radius 1 is 1.57 bits per heavy atom. The van der Waals surface area contributed by atoms with Gasteiger partial charge >= 0.3 is 0 Å². The Morgan fingerprint density at radius 2 is 2.43 bits per heavy atom. The first-order valence-electron chi connectivity index (χ1n) is 5.53. The predicted molar refractivity (Wildman–Crippen MR) is 53.5 cm³/mol. The zero-order chi connectivity index (χ0) is 9.54. The molecule has 1 fully saturated rings. The first-order chi connectivity index (χ1) is 6.83. The Bertz CT molecular complexity index is 338. The molecule has 0 bridgehead atoms. The zero-order valence-electron chi connectivity index (χ0n) is 8.50. The fourth-order valence-electron chi connectivity index (χ4n) is 2.23. The van der Waals surface area contributed by atoms with Gasteiger partial charge in [-0.3, -0.25) is 0 Å². The van der Waals surface area contributed by atoms with Crippen LogP contribution < -0.4 is 4.90 Å². The third kappa shape index (κ3) is 1.46. The van der Waals surface area contributed by atoms with Crippen LogP contribution in [0, 0.1) is 13.0 Å². The fourth-order valence-corrected chi connectivity index (χ4v) is 2.23. The third-order valence-electron chi connectivity index (χ3n) is 3.31. The maximum atomic E-state index is 4.53. The summed E-state index contributed by atoms with van der Waals surface area (Å²) in [5.41, 5.74) is 1.37. The van der Waals surface area contributed by atoms with Crippen LogP contribution >= 0.6 is 0 Å². The lowest BCUT2D eigenvalue weighted by Crippen LogP contribution is -3.06. The van der Waals surface area contributed by atoms with E-state index in [0.717, 1.165) is 25.6 Å². The molecule has 0 amide bonds. The lowest BCUT2D eigenvalue weighted by molar-refractivity contribution is -0.872. The van der Waals surface area contributed by atoms with E-state index in [1.54, 1.807) is 0 Å². The van der Waals surface area contributed by atoms with Gasteiger partial charge in [0.15, 0.2) is 0 Å². The van der Waals surface area contributed by atoms with E-state index >= 15 is 0 Å². The number of hydrogen-bond donors (Lipinski definition) is 1. The average Bonchev–Trinajstić information content (AvgIpc) is 2.89. The van der Waals surface area contributed by atoms with E-state index in [9.17, 15) is 0 Å². The van der Waals surface area contributed by atoms with Gasteiger partial charge in [-0.25, -0.2) is 4.98 Å². The van der Waals surface area contributed by atoms with Crippen LogP contribution in [-0.4, -0.2) is 16.1 Å². The normalized spacial score (nSPS) is 26.2. The fraction of sp³-hybridized carbons (Fsp3) is 0.636. The van der Waals surface area contributed by atoms with Gasteiger partial charge in [0.05, 0.1) is 31.5 Å². The molecule has 1 saturated carbocycles. The molecule has 1 aromatic heterocycles. The Hall–Kier alpha value is -0.830. The Kier molecular flexibility index (Phi) is 1.87. The minimum Gasteiger partial charge on any atom is -0.461 e. The summed E-state index contributed by atoms with van der Waals surface area (Å²) in [5, 5.41) is 0.